The lowest BCUT2D eigenvalue weighted by Gasteiger charge is -2.32. The molecule has 0 radical (unpaired) electrons. The molecule has 4 heteroatoms. The number of hydrogen-bond donors (Lipinski definition) is 2. The van der Waals surface area contributed by atoms with Crippen LogP contribution in [0.1, 0.15) is 32.4 Å². The lowest BCUT2D eigenvalue weighted by atomic mass is 10.0. The third-order valence-corrected chi connectivity index (χ3v) is 3.12. The van der Waals surface area contributed by atoms with Crippen LogP contribution in [0.5, 0.6) is 11.5 Å². The van der Waals surface area contributed by atoms with Crippen LogP contribution in [0, 0.1) is 0 Å². The average molecular weight is 253 g/mol. The SMILES string of the molecule is COCCN(C(C)C)C(C)c1cc(O)cc(O)c1. The average Bonchev–Trinajstić information content (AvgIpc) is 2.27. The van der Waals surface area contributed by atoms with Gasteiger partial charge in [0.25, 0.3) is 0 Å². The van der Waals surface area contributed by atoms with E-state index in [-0.39, 0.29) is 17.5 Å². The van der Waals surface area contributed by atoms with Gasteiger partial charge in [0.05, 0.1) is 6.61 Å². The molecule has 1 rings (SSSR count). The van der Waals surface area contributed by atoms with Gasteiger partial charge in [0, 0.05) is 31.8 Å². The summed E-state index contributed by atoms with van der Waals surface area (Å²) in [4.78, 5) is 2.26. The van der Waals surface area contributed by atoms with Crippen molar-refractivity contribution in [2.45, 2.75) is 32.9 Å². The van der Waals surface area contributed by atoms with Crippen molar-refractivity contribution in [1.82, 2.24) is 4.90 Å². The van der Waals surface area contributed by atoms with E-state index in [1.807, 2.05) is 0 Å². The summed E-state index contributed by atoms with van der Waals surface area (Å²) in [6.07, 6.45) is 0. The predicted octanol–water partition coefficient (Wildman–Crippen LogP) is 2.52. The van der Waals surface area contributed by atoms with Crippen molar-refractivity contribution >= 4 is 0 Å². The van der Waals surface area contributed by atoms with E-state index in [4.69, 9.17) is 4.74 Å². The molecule has 0 amide bonds. The van der Waals surface area contributed by atoms with E-state index in [1.54, 1.807) is 19.2 Å². The molecular weight excluding hydrogens is 230 g/mol. The highest BCUT2D eigenvalue weighted by molar-refractivity contribution is 5.38. The molecule has 1 aromatic carbocycles. The molecule has 0 aliphatic rings. The summed E-state index contributed by atoms with van der Waals surface area (Å²) in [5, 5.41) is 19.1. The number of nitrogens with zero attached hydrogens (tertiary/aromatic N) is 1. The number of hydrogen-bond acceptors (Lipinski definition) is 4. The lowest BCUT2D eigenvalue weighted by molar-refractivity contribution is 0.102. The molecule has 0 fully saturated rings. The maximum absolute atomic E-state index is 9.54. The molecular formula is C14H23NO3. The number of rotatable bonds is 6. The Morgan fingerprint density at radius 2 is 1.67 bits per heavy atom. The minimum Gasteiger partial charge on any atom is -0.508 e. The normalized spacial score (nSPS) is 13.2. The van der Waals surface area contributed by atoms with E-state index >= 15 is 0 Å². The van der Waals surface area contributed by atoms with Crippen LogP contribution < -0.4 is 0 Å². The Labute approximate surface area is 109 Å². The van der Waals surface area contributed by atoms with Crippen LogP contribution in [0.15, 0.2) is 18.2 Å². The zero-order valence-electron chi connectivity index (χ0n) is 11.6. The molecule has 4 nitrogen and oxygen atoms in total. The van der Waals surface area contributed by atoms with Gasteiger partial charge in [0.1, 0.15) is 11.5 Å². The molecule has 102 valence electrons. The summed E-state index contributed by atoms with van der Waals surface area (Å²) in [5.41, 5.74) is 0.900. The predicted molar refractivity (Wildman–Crippen MR) is 71.9 cm³/mol. The highest BCUT2D eigenvalue weighted by Gasteiger charge is 2.19. The van der Waals surface area contributed by atoms with Crippen LogP contribution in [-0.2, 0) is 4.74 Å². The van der Waals surface area contributed by atoms with E-state index in [0.29, 0.717) is 12.6 Å². The standard InChI is InChI=1S/C14H23NO3/c1-10(2)15(5-6-18-4)11(3)12-7-13(16)9-14(17)8-12/h7-11,16-17H,5-6H2,1-4H3. The highest BCUT2D eigenvalue weighted by atomic mass is 16.5. The summed E-state index contributed by atoms with van der Waals surface area (Å²) in [5.74, 6) is 0.180. The Morgan fingerprint density at radius 3 is 2.11 bits per heavy atom. The maximum Gasteiger partial charge on any atom is 0.119 e. The van der Waals surface area contributed by atoms with Crippen LogP contribution in [0.3, 0.4) is 0 Å². The van der Waals surface area contributed by atoms with Gasteiger partial charge >= 0.3 is 0 Å². The first kappa shape index (κ1) is 14.8. The van der Waals surface area contributed by atoms with Crippen molar-refractivity contribution in [2.75, 3.05) is 20.3 Å². The molecule has 1 atom stereocenters. The summed E-state index contributed by atoms with van der Waals surface area (Å²) < 4.78 is 5.12. The van der Waals surface area contributed by atoms with Gasteiger partial charge in [0.2, 0.25) is 0 Å². The van der Waals surface area contributed by atoms with E-state index in [1.165, 1.54) is 6.07 Å². The third kappa shape index (κ3) is 3.89. The summed E-state index contributed by atoms with van der Waals surface area (Å²) in [7, 11) is 1.68. The molecule has 0 aromatic heterocycles. The fourth-order valence-corrected chi connectivity index (χ4v) is 2.15. The molecule has 1 unspecified atom stereocenters. The Balaban J connectivity index is 2.90. The van der Waals surface area contributed by atoms with Gasteiger partial charge in [-0.1, -0.05) is 0 Å². The lowest BCUT2D eigenvalue weighted by Crippen LogP contribution is -2.36. The van der Waals surface area contributed by atoms with Crippen LogP contribution >= 0.6 is 0 Å². The number of ether oxygens (including phenoxy) is 1. The third-order valence-electron chi connectivity index (χ3n) is 3.12. The van der Waals surface area contributed by atoms with Gasteiger partial charge in [-0.15, -0.1) is 0 Å². The Bertz CT molecular complexity index is 359. The van der Waals surface area contributed by atoms with Gasteiger partial charge in [-0.05, 0) is 38.5 Å². The molecule has 0 saturated carbocycles. The highest BCUT2D eigenvalue weighted by Crippen LogP contribution is 2.29. The second kappa shape index (κ2) is 6.61. The van der Waals surface area contributed by atoms with Crippen molar-refractivity contribution < 1.29 is 14.9 Å². The number of phenolic OH excluding ortho intramolecular Hbond substituents is 2. The summed E-state index contributed by atoms with van der Waals surface area (Å²) >= 11 is 0. The Hall–Kier alpha value is -1.26. The van der Waals surface area contributed by atoms with Crippen molar-refractivity contribution in [3.8, 4) is 11.5 Å². The molecule has 0 spiro atoms. The van der Waals surface area contributed by atoms with Crippen molar-refractivity contribution in [2.24, 2.45) is 0 Å². The van der Waals surface area contributed by atoms with Crippen LogP contribution in [0.4, 0.5) is 0 Å². The van der Waals surface area contributed by atoms with E-state index in [2.05, 4.69) is 25.7 Å². The molecule has 0 heterocycles. The number of phenols is 2. The van der Waals surface area contributed by atoms with Crippen molar-refractivity contribution in [1.29, 1.82) is 0 Å². The fraction of sp³-hybridized carbons (Fsp3) is 0.571. The fourth-order valence-electron chi connectivity index (χ4n) is 2.15. The smallest absolute Gasteiger partial charge is 0.119 e. The van der Waals surface area contributed by atoms with Gasteiger partial charge in [-0.2, -0.15) is 0 Å². The minimum atomic E-state index is 0.0901. The van der Waals surface area contributed by atoms with E-state index < -0.39 is 0 Å². The quantitative estimate of drug-likeness (QED) is 0.818. The molecule has 0 bridgehead atoms. The Kier molecular flexibility index (Phi) is 5.44. The molecule has 18 heavy (non-hydrogen) atoms. The first-order valence-electron chi connectivity index (χ1n) is 6.23. The van der Waals surface area contributed by atoms with Crippen LogP contribution in [0.2, 0.25) is 0 Å². The first-order valence-corrected chi connectivity index (χ1v) is 6.23. The number of aromatic hydroxyl groups is 2. The van der Waals surface area contributed by atoms with E-state index in [9.17, 15) is 10.2 Å². The van der Waals surface area contributed by atoms with Gasteiger partial charge in [-0.3, -0.25) is 4.90 Å². The molecule has 0 aliphatic carbocycles. The summed E-state index contributed by atoms with van der Waals surface area (Å²) in [6, 6.07) is 5.18. The minimum absolute atomic E-state index is 0.0901. The first-order chi connectivity index (χ1) is 8.45. The summed E-state index contributed by atoms with van der Waals surface area (Å²) in [6.45, 7) is 7.77. The topological polar surface area (TPSA) is 52.9 Å². The molecule has 2 N–H and O–H groups in total. The van der Waals surface area contributed by atoms with Gasteiger partial charge < -0.3 is 14.9 Å². The van der Waals surface area contributed by atoms with Crippen molar-refractivity contribution in [3.63, 3.8) is 0 Å². The molecule has 1 aromatic rings. The monoisotopic (exact) mass is 253 g/mol. The number of methoxy groups -OCH3 is 1. The van der Waals surface area contributed by atoms with Crippen LogP contribution in [0.25, 0.3) is 0 Å². The zero-order valence-corrected chi connectivity index (χ0v) is 11.6. The second-order valence-corrected chi connectivity index (χ2v) is 4.78. The number of benzene rings is 1. The molecule has 0 saturated heterocycles. The van der Waals surface area contributed by atoms with Gasteiger partial charge in [-0.25, -0.2) is 0 Å². The van der Waals surface area contributed by atoms with E-state index in [0.717, 1.165) is 12.1 Å². The van der Waals surface area contributed by atoms with Crippen LogP contribution in [-0.4, -0.2) is 41.4 Å². The maximum atomic E-state index is 9.54. The zero-order chi connectivity index (χ0) is 13.7. The largest absolute Gasteiger partial charge is 0.508 e. The molecule has 0 aliphatic heterocycles. The van der Waals surface area contributed by atoms with Gasteiger partial charge in [0.15, 0.2) is 0 Å². The second-order valence-electron chi connectivity index (χ2n) is 4.78. The Morgan fingerprint density at radius 1 is 1.11 bits per heavy atom. The van der Waals surface area contributed by atoms with Crippen molar-refractivity contribution in [3.05, 3.63) is 23.8 Å².